The molecule has 0 aliphatic rings. The van der Waals surface area contributed by atoms with Crippen molar-refractivity contribution < 1.29 is 19.1 Å². The molecular weight excluding hydrogens is 308 g/mol. The lowest BCUT2D eigenvalue weighted by molar-refractivity contribution is -0.146. The summed E-state index contributed by atoms with van der Waals surface area (Å²) >= 11 is 5.84. The summed E-state index contributed by atoms with van der Waals surface area (Å²) in [6, 6.07) is 7.11. The van der Waals surface area contributed by atoms with Crippen molar-refractivity contribution >= 4 is 23.5 Å². The first-order chi connectivity index (χ1) is 10.4. The second-order valence-electron chi connectivity index (χ2n) is 4.81. The lowest BCUT2D eigenvalue weighted by Crippen LogP contribution is -2.33. The van der Waals surface area contributed by atoms with E-state index >= 15 is 0 Å². The maximum Gasteiger partial charge on any atom is 0.315 e. The molecule has 0 bridgehead atoms. The van der Waals surface area contributed by atoms with Gasteiger partial charge in [-0.05, 0) is 38.1 Å². The first kappa shape index (κ1) is 16.0. The number of carbonyl (C=O) groups is 2. The van der Waals surface area contributed by atoms with Gasteiger partial charge in [0.25, 0.3) is 0 Å². The van der Waals surface area contributed by atoms with Crippen LogP contribution in [-0.4, -0.2) is 22.0 Å². The summed E-state index contributed by atoms with van der Waals surface area (Å²) in [5.74, 6) is -1.98. The molecule has 2 N–H and O–H groups in total. The zero-order valence-electron chi connectivity index (χ0n) is 12.1. The van der Waals surface area contributed by atoms with Crippen molar-refractivity contribution in [2.24, 2.45) is 5.92 Å². The minimum atomic E-state index is -1.18. The molecule has 0 spiro atoms. The number of nitrogens with one attached hydrogen (secondary N) is 1. The average Bonchev–Trinajstić information content (AvgIpc) is 2.85. The highest BCUT2D eigenvalue weighted by Crippen LogP contribution is 2.25. The quantitative estimate of drug-likeness (QED) is 0.825. The minimum absolute atomic E-state index is 0.0326. The molecule has 0 saturated carbocycles. The first-order valence-electron chi connectivity index (χ1n) is 6.61. The molecule has 1 amide bonds. The molecule has 2 aromatic rings. The van der Waals surface area contributed by atoms with Gasteiger partial charge in [-0.1, -0.05) is 11.6 Å². The third-order valence-corrected chi connectivity index (χ3v) is 3.38. The third kappa shape index (κ3) is 3.65. The molecule has 1 atom stereocenters. The molecule has 2 rings (SSSR count). The van der Waals surface area contributed by atoms with Crippen molar-refractivity contribution in [1.29, 1.82) is 0 Å². The molecule has 0 fully saturated rings. The van der Waals surface area contributed by atoms with Crippen molar-refractivity contribution in [3.05, 3.63) is 40.9 Å². The van der Waals surface area contributed by atoms with Crippen LogP contribution in [0.2, 0.25) is 5.02 Å². The van der Waals surface area contributed by atoms with Crippen molar-refractivity contribution in [2.75, 3.05) is 0 Å². The number of halogens is 1. The van der Waals surface area contributed by atoms with E-state index in [1.807, 2.05) is 12.1 Å². The zero-order valence-corrected chi connectivity index (χ0v) is 12.8. The van der Waals surface area contributed by atoms with Gasteiger partial charge in [-0.15, -0.1) is 0 Å². The fraction of sp³-hybridized carbons (Fsp3) is 0.267. The number of amides is 1. The van der Waals surface area contributed by atoms with Crippen LogP contribution in [0.5, 0.6) is 0 Å². The Bertz CT molecular complexity index is 694. The summed E-state index contributed by atoms with van der Waals surface area (Å²) in [5.41, 5.74) is 1.50. The highest BCUT2D eigenvalue weighted by Gasteiger charge is 2.21. The van der Waals surface area contributed by atoms with Crippen molar-refractivity contribution in [3.8, 4) is 11.3 Å². The maximum atomic E-state index is 11.6. The number of carboxylic acid groups (broad SMARTS) is 1. The minimum Gasteiger partial charge on any atom is -0.481 e. The molecule has 116 valence electrons. The molecule has 7 heteroatoms. The number of benzene rings is 1. The number of rotatable bonds is 5. The molecule has 0 aliphatic carbocycles. The molecular formula is C15H15ClN2O4. The van der Waals surface area contributed by atoms with Gasteiger partial charge in [0.15, 0.2) is 5.76 Å². The van der Waals surface area contributed by atoms with Gasteiger partial charge >= 0.3 is 5.97 Å². The van der Waals surface area contributed by atoms with Crippen LogP contribution in [0.25, 0.3) is 11.3 Å². The molecule has 1 unspecified atom stereocenters. The molecule has 0 aliphatic heterocycles. The Morgan fingerprint density at radius 1 is 1.36 bits per heavy atom. The normalized spacial score (nSPS) is 12.0. The number of aliphatic carboxylic acids is 1. The molecule has 1 aromatic heterocycles. The van der Waals surface area contributed by atoms with Gasteiger partial charge in [0, 0.05) is 10.6 Å². The molecule has 1 heterocycles. The van der Waals surface area contributed by atoms with E-state index in [2.05, 4.69) is 10.3 Å². The molecule has 0 saturated heterocycles. The predicted octanol–water partition coefficient (Wildman–Crippen LogP) is 2.64. The van der Waals surface area contributed by atoms with Crippen LogP contribution in [0.15, 0.2) is 28.7 Å². The molecule has 0 radical (unpaired) electrons. The Labute approximate surface area is 132 Å². The summed E-state index contributed by atoms with van der Waals surface area (Å²) in [5, 5.41) is 11.9. The zero-order chi connectivity index (χ0) is 16.3. The number of aryl methyl sites for hydroxylation is 1. The highest BCUT2D eigenvalue weighted by molar-refractivity contribution is 6.30. The van der Waals surface area contributed by atoms with Gasteiger partial charge in [0.2, 0.25) is 11.8 Å². The largest absolute Gasteiger partial charge is 0.481 e. The van der Waals surface area contributed by atoms with Gasteiger partial charge in [0.1, 0.15) is 5.92 Å². The molecule has 6 nitrogen and oxygen atoms in total. The number of hydrogen-bond acceptors (Lipinski definition) is 4. The van der Waals surface area contributed by atoms with E-state index in [1.165, 1.54) is 6.92 Å². The topological polar surface area (TPSA) is 92.4 Å². The number of oxazole rings is 1. The number of carbonyl (C=O) groups excluding carboxylic acids is 1. The van der Waals surface area contributed by atoms with Gasteiger partial charge in [-0.25, -0.2) is 4.98 Å². The van der Waals surface area contributed by atoms with E-state index in [0.29, 0.717) is 22.4 Å². The lowest BCUT2D eigenvalue weighted by Gasteiger charge is -2.05. The van der Waals surface area contributed by atoms with Gasteiger partial charge in [0.05, 0.1) is 12.2 Å². The first-order valence-corrected chi connectivity index (χ1v) is 6.99. The SMILES string of the molecule is Cc1nc(CNC(=O)C(C)C(=O)O)oc1-c1ccc(Cl)cc1. The van der Waals surface area contributed by atoms with E-state index in [1.54, 1.807) is 19.1 Å². The Hall–Kier alpha value is -2.34. The van der Waals surface area contributed by atoms with Crippen LogP contribution in [-0.2, 0) is 16.1 Å². The van der Waals surface area contributed by atoms with Crippen molar-refractivity contribution in [3.63, 3.8) is 0 Å². The predicted molar refractivity (Wildman–Crippen MR) is 80.3 cm³/mol. The number of aromatic nitrogens is 1. The monoisotopic (exact) mass is 322 g/mol. The summed E-state index contributed by atoms with van der Waals surface area (Å²) < 4.78 is 5.61. The van der Waals surface area contributed by atoms with Crippen molar-refractivity contribution in [2.45, 2.75) is 20.4 Å². The van der Waals surface area contributed by atoms with Crippen LogP contribution in [0.1, 0.15) is 18.5 Å². The number of hydrogen-bond donors (Lipinski definition) is 2. The average molecular weight is 323 g/mol. The second kappa shape index (κ2) is 6.62. The van der Waals surface area contributed by atoms with Crippen LogP contribution in [0.3, 0.4) is 0 Å². The summed E-state index contributed by atoms with van der Waals surface area (Å²) in [7, 11) is 0. The molecule has 1 aromatic carbocycles. The van der Waals surface area contributed by atoms with E-state index in [4.69, 9.17) is 21.1 Å². The van der Waals surface area contributed by atoms with Crippen LogP contribution < -0.4 is 5.32 Å². The highest BCUT2D eigenvalue weighted by atomic mass is 35.5. The number of nitrogens with zero attached hydrogens (tertiary/aromatic N) is 1. The van der Waals surface area contributed by atoms with E-state index in [-0.39, 0.29) is 6.54 Å². The summed E-state index contributed by atoms with van der Waals surface area (Å²) in [4.78, 5) is 26.5. The van der Waals surface area contributed by atoms with Crippen molar-refractivity contribution in [1.82, 2.24) is 10.3 Å². The van der Waals surface area contributed by atoms with Gasteiger partial charge < -0.3 is 14.8 Å². The Kier molecular flexibility index (Phi) is 4.82. The van der Waals surface area contributed by atoms with E-state index in [0.717, 1.165) is 5.56 Å². The van der Waals surface area contributed by atoms with Gasteiger partial charge in [-0.2, -0.15) is 0 Å². The van der Waals surface area contributed by atoms with E-state index in [9.17, 15) is 9.59 Å². The van der Waals surface area contributed by atoms with Crippen LogP contribution >= 0.6 is 11.6 Å². The lowest BCUT2D eigenvalue weighted by atomic mass is 10.1. The molecule has 22 heavy (non-hydrogen) atoms. The maximum absolute atomic E-state index is 11.6. The smallest absolute Gasteiger partial charge is 0.315 e. The Morgan fingerprint density at radius 3 is 2.59 bits per heavy atom. The summed E-state index contributed by atoms with van der Waals surface area (Å²) in [6.07, 6.45) is 0. The number of carboxylic acids is 1. The second-order valence-corrected chi connectivity index (χ2v) is 5.24. The van der Waals surface area contributed by atoms with E-state index < -0.39 is 17.8 Å². The van der Waals surface area contributed by atoms with Gasteiger partial charge in [-0.3, -0.25) is 9.59 Å². The third-order valence-electron chi connectivity index (χ3n) is 3.12. The Morgan fingerprint density at radius 2 is 2.00 bits per heavy atom. The standard InChI is InChI=1S/C15H15ClN2O4/c1-8(15(20)21)14(19)17-7-12-18-9(2)13(22-12)10-3-5-11(16)6-4-10/h3-6,8H,7H2,1-2H3,(H,17,19)(H,20,21). The summed E-state index contributed by atoms with van der Waals surface area (Å²) in [6.45, 7) is 3.14. The van der Waals surface area contributed by atoms with Crippen LogP contribution in [0.4, 0.5) is 0 Å². The fourth-order valence-corrected chi connectivity index (χ4v) is 1.95. The fourth-order valence-electron chi connectivity index (χ4n) is 1.82. The van der Waals surface area contributed by atoms with Crippen LogP contribution in [0, 0.1) is 12.8 Å². The Balaban J connectivity index is 2.08.